The average Bonchev–Trinajstić information content (AvgIpc) is 2.53. The number of hydrogen-bond acceptors (Lipinski definition) is 2. The second-order valence-electron chi connectivity index (χ2n) is 6.31. The third-order valence-corrected chi connectivity index (χ3v) is 4.72. The number of benzene rings is 1. The molecule has 1 aliphatic heterocycles. The van der Waals surface area contributed by atoms with Crippen LogP contribution in [0.15, 0.2) is 24.3 Å². The molecule has 1 fully saturated rings. The van der Waals surface area contributed by atoms with E-state index < -0.39 is 0 Å². The summed E-state index contributed by atoms with van der Waals surface area (Å²) < 4.78 is 13.3. The lowest BCUT2D eigenvalue weighted by molar-refractivity contribution is -0.140. The Hall–Kier alpha value is -1.42. The molecule has 0 bridgehead atoms. The number of piperidine rings is 1. The summed E-state index contributed by atoms with van der Waals surface area (Å²) in [7, 11) is 1.93. The zero-order valence-electron chi connectivity index (χ0n) is 13.9. The van der Waals surface area contributed by atoms with Crippen molar-refractivity contribution >= 4 is 5.91 Å². The van der Waals surface area contributed by atoms with Gasteiger partial charge in [0, 0.05) is 19.1 Å². The maximum atomic E-state index is 13.3. The normalized spacial score (nSPS) is 20.2. The van der Waals surface area contributed by atoms with E-state index in [4.69, 9.17) is 0 Å². The van der Waals surface area contributed by atoms with Crippen molar-refractivity contribution in [3.05, 3.63) is 35.6 Å². The molecule has 0 saturated carbocycles. The standard InChI is InChI=1S/C18H27FN2O/c1-4-17-10-5-6-11-21(17)18(22)14(2)20(3)13-15-8-7-9-16(19)12-15/h7-9,12,14,17H,4-6,10-11,13H2,1-3H3. The highest BCUT2D eigenvalue weighted by atomic mass is 19.1. The molecule has 0 aliphatic carbocycles. The van der Waals surface area contributed by atoms with Gasteiger partial charge < -0.3 is 4.90 Å². The topological polar surface area (TPSA) is 23.6 Å². The highest BCUT2D eigenvalue weighted by Gasteiger charge is 2.30. The summed E-state index contributed by atoms with van der Waals surface area (Å²) in [6, 6.07) is 6.78. The molecule has 3 nitrogen and oxygen atoms in total. The Morgan fingerprint density at radius 3 is 2.91 bits per heavy atom. The third-order valence-electron chi connectivity index (χ3n) is 4.72. The molecule has 0 aromatic heterocycles. The number of carbonyl (C=O) groups is 1. The number of hydrogen-bond donors (Lipinski definition) is 0. The smallest absolute Gasteiger partial charge is 0.239 e. The van der Waals surface area contributed by atoms with Crippen molar-refractivity contribution in [1.82, 2.24) is 9.80 Å². The molecule has 1 aromatic rings. The zero-order chi connectivity index (χ0) is 16.1. The van der Waals surface area contributed by atoms with Gasteiger partial charge in [-0.25, -0.2) is 4.39 Å². The number of nitrogens with zero attached hydrogens (tertiary/aromatic N) is 2. The minimum absolute atomic E-state index is 0.185. The minimum atomic E-state index is -0.230. The molecule has 1 heterocycles. The van der Waals surface area contributed by atoms with Crippen LogP contribution in [0.25, 0.3) is 0 Å². The van der Waals surface area contributed by atoms with Gasteiger partial charge in [-0.05, 0) is 57.4 Å². The lowest BCUT2D eigenvalue weighted by atomic mass is 9.99. The Morgan fingerprint density at radius 2 is 2.23 bits per heavy atom. The Morgan fingerprint density at radius 1 is 1.45 bits per heavy atom. The van der Waals surface area contributed by atoms with E-state index in [1.54, 1.807) is 6.07 Å². The van der Waals surface area contributed by atoms with Gasteiger partial charge in [0.1, 0.15) is 5.82 Å². The fourth-order valence-electron chi connectivity index (χ4n) is 3.20. The van der Waals surface area contributed by atoms with Crippen molar-refractivity contribution < 1.29 is 9.18 Å². The zero-order valence-corrected chi connectivity index (χ0v) is 13.9. The SMILES string of the molecule is CCC1CCCCN1C(=O)C(C)N(C)Cc1cccc(F)c1. The first-order valence-corrected chi connectivity index (χ1v) is 8.28. The van der Waals surface area contributed by atoms with E-state index in [2.05, 4.69) is 11.8 Å². The first-order valence-electron chi connectivity index (χ1n) is 8.28. The highest BCUT2D eigenvalue weighted by molar-refractivity contribution is 5.81. The number of rotatable bonds is 5. The quantitative estimate of drug-likeness (QED) is 0.832. The van der Waals surface area contributed by atoms with Crippen molar-refractivity contribution in [1.29, 1.82) is 0 Å². The molecule has 122 valence electrons. The maximum Gasteiger partial charge on any atom is 0.239 e. The number of halogens is 1. The maximum absolute atomic E-state index is 13.3. The summed E-state index contributed by atoms with van der Waals surface area (Å²) in [6.07, 6.45) is 4.45. The molecule has 1 aromatic carbocycles. The van der Waals surface area contributed by atoms with Crippen LogP contribution in [0, 0.1) is 5.82 Å². The van der Waals surface area contributed by atoms with Crippen LogP contribution in [0.3, 0.4) is 0 Å². The Kier molecular flexibility index (Phi) is 5.95. The lowest BCUT2D eigenvalue weighted by Gasteiger charge is -2.38. The van der Waals surface area contributed by atoms with E-state index >= 15 is 0 Å². The van der Waals surface area contributed by atoms with Crippen LogP contribution < -0.4 is 0 Å². The monoisotopic (exact) mass is 306 g/mol. The largest absolute Gasteiger partial charge is 0.338 e. The van der Waals surface area contributed by atoms with E-state index in [-0.39, 0.29) is 17.8 Å². The molecule has 4 heteroatoms. The van der Waals surface area contributed by atoms with Gasteiger partial charge in [0.05, 0.1) is 6.04 Å². The van der Waals surface area contributed by atoms with Crippen LogP contribution in [0.5, 0.6) is 0 Å². The van der Waals surface area contributed by atoms with Crippen LogP contribution in [0.1, 0.15) is 45.1 Å². The minimum Gasteiger partial charge on any atom is -0.338 e. The van der Waals surface area contributed by atoms with Gasteiger partial charge in [-0.1, -0.05) is 19.1 Å². The molecule has 1 aliphatic rings. The summed E-state index contributed by atoms with van der Waals surface area (Å²) in [4.78, 5) is 16.8. The molecule has 0 radical (unpaired) electrons. The molecule has 0 spiro atoms. The summed E-state index contributed by atoms with van der Waals surface area (Å²) in [5.74, 6) is -0.0302. The van der Waals surface area contributed by atoms with Crippen LogP contribution in [-0.4, -0.2) is 41.4 Å². The molecule has 1 saturated heterocycles. The molecular formula is C18H27FN2O. The van der Waals surface area contributed by atoms with E-state index in [1.165, 1.54) is 18.6 Å². The number of likely N-dealkylation sites (tertiary alicyclic amines) is 1. The van der Waals surface area contributed by atoms with E-state index in [0.29, 0.717) is 12.6 Å². The fraction of sp³-hybridized carbons (Fsp3) is 0.611. The second kappa shape index (κ2) is 7.73. The Bertz CT molecular complexity index is 506. The molecule has 1 amide bonds. The van der Waals surface area contributed by atoms with E-state index in [9.17, 15) is 9.18 Å². The van der Waals surface area contributed by atoms with Crippen molar-refractivity contribution in [3.8, 4) is 0 Å². The van der Waals surface area contributed by atoms with Gasteiger partial charge in [-0.2, -0.15) is 0 Å². The summed E-state index contributed by atoms with van der Waals surface area (Å²) in [5, 5.41) is 0. The van der Waals surface area contributed by atoms with Gasteiger partial charge in [0.2, 0.25) is 5.91 Å². The van der Waals surface area contributed by atoms with Crippen LogP contribution >= 0.6 is 0 Å². The first-order chi connectivity index (χ1) is 10.5. The van der Waals surface area contributed by atoms with Crippen LogP contribution in [0.2, 0.25) is 0 Å². The van der Waals surface area contributed by atoms with Gasteiger partial charge in [-0.15, -0.1) is 0 Å². The number of carbonyl (C=O) groups excluding carboxylic acids is 1. The second-order valence-corrected chi connectivity index (χ2v) is 6.31. The van der Waals surface area contributed by atoms with Crippen LogP contribution in [-0.2, 0) is 11.3 Å². The lowest BCUT2D eigenvalue weighted by Crippen LogP contribution is -2.51. The molecular weight excluding hydrogens is 279 g/mol. The van der Waals surface area contributed by atoms with Crippen LogP contribution in [0.4, 0.5) is 4.39 Å². The van der Waals surface area contributed by atoms with Gasteiger partial charge in [-0.3, -0.25) is 9.69 Å². The van der Waals surface area contributed by atoms with Crippen molar-refractivity contribution in [2.45, 2.75) is 58.2 Å². The van der Waals surface area contributed by atoms with Crippen molar-refractivity contribution in [2.24, 2.45) is 0 Å². The average molecular weight is 306 g/mol. The molecule has 0 N–H and O–H groups in total. The molecule has 22 heavy (non-hydrogen) atoms. The Balaban J connectivity index is 1.99. The predicted molar refractivity (Wildman–Crippen MR) is 87.0 cm³/mol. The highest BCUT2D eigenvalue weighted by Crippen LogP contribution is 2.21. The van der Waals surface area contributed by atoms with E-state index in [1.807, 2.05) is 24.9 Å². The third kappa shape index (κ3) is 4.07. The summed E-state index contributed by atoms with van der Waals surface area (Å²) in [5.41, 5.74) is 0.896. The van der Waals surface area contributed by atoms with Gasteiger partial charge >= 0.3 is 0 Å². The first kappa shape index (κ1) is 16.9. The van der Waals surface area contributed by atoms with Crippen molar-refractivity contribution in [3.63, 3.8) is 0 Å². The Labute approximate surface area is 133 Å². The van der Waals surface area contributed by atoms with Crippen molar-refractivity contribution in [2.75, 3.05) is 13.6 Å². The van der Waals surface area contributed by atoms with E-state index in [0.717, 1.165) is 31.4 Å². The number of amides is 1. The number of likely N-dealkylation sites (N-methyl/N-ethyl adjacent to an activating group) is 1. The predicted octanol–water partition coefficient (Wildman–Crippen LogP) is 3.44. The van der Waals surface area contributed by atoms with Gasteiger partial charge in [0.25, 0.3) is 0 Å². The molecule has 2 atom stereocenters. The van der Waals surface area contributed by atoms with Gasteiger partial charge in [0.15, 0.2) is 0 Å². The molecule has 2 rings (SSSR count). The summed E-state index contributed by atoms with van der Waals surface area (Å²) in [6.45, 7) is 5.55. The molecule has 2 unspecified atom stereocenters. The summed E-state index contributed by atoms with van der Waals surface area (Å²) >= 11 is 0. The fourth-order valence-corrected chi connectivity index (χ4v) is 3.20.